The van der Waals surface area contributed by atoms with Gasteiger partial charge in [0.15, 0.2) is 0 Å². The van der Waals surface area contributed by atoms with E-state index >= 15 is 0 Å². The van der Waals surface area contributed by atoms with Crippen molar-refractivity contribution in [2.75, 3.05) is 0 Å². The molecule has 0 aliphatic carbocycles. The first kappa shape index (κ1) is 16.1. The predicted octanol–water partition coefficient (Wildman–Crippen LogP) is 3.25. The highest BCUT2D eigenvalue weighted by molar-refractivity contribution is 5.83. The Balaban J connectivity index is 1.74. The largest absolute Gasteiger partial charge is 0.422 e. The zero-order valence-electron chi connectivity index (χ0n) is 14.2. The zero-order valence-corrected chi connectivity index (χ0v) is 14.2. The topological polar surface area (TPSA) is 73.8 Å². The van der Waals surface area contributed by atoms with Gasteiger partial charge in [-0.25, -0.2) is 9.18 Å². The number of hydrogen-bond donors (Lipinski definition) is 0. The van der Waals surface area contributed by atoms with Crippen LogP contribution in [0.4, 0.5) is 4.39 Å². The number of nitrogens with zero attached hydrogens (tertiary/aromatic N) is 4. The Bertz CT molecular complexity index is 1180. The van der Waals surface area contributed by atoms with E-state index in [0.717, 1.165) is 22.1 Å². The molecule has 6 nitrogen and oxygen atoms in total. The van der Waals surface area contributed by atoms with Gasteiger partial charge in [0.25, 0.3) is 0 Å². The van der Waals surface area contributed by atoms with Crippen molar-refractivity contribution in [3.63, 3.8) is 0 Å². The molecule has 2 aromatic heterocycles. The third-order valence-corrected chi connectivity index (χ3v) is 4.36. The standard InChI is InChI=1S/C19H15FN4O2/c1-11-6-7-16-14(9-17(25)26-18(16)12(11)2)10-24-22-19(21-23-24)13-4-3-5-15(20)8-13/h3-9H,10H2,1-2H3. The Hall–Kier alpha value is -3.35. The molecule has 0 radical (unpaired) electrons. The fourth-order valence-corrected chi connectivity index (χ4v) is 2.86. The van der Waals surface area contributed by atoms with Crippen molar-refractivity contribution in [3.8, 4) is 11.4 Å². The maximum absolute atomic E-state index is 13.4. The third-order valence-electron chi connectivity index (χ3n) is 4.36. The van der Waals surface area contributed by atoms with E-state index in [0.29, 0.717) is 17.0 Å². The predicted molar refractivity (Wildman–Crippen MR) is 94.3 cm³/mol. The number of aromatic nitrogens is 4. The summed E-state index contributed by atoms with van der Waals surface area (Å²) in [6.07, 6.45) is 0. The molecule has 0 saturated heterocycles. The molecule has 0 saturated carbocycles. The molecule has 7 heteroatoms. The Morgan fingerprint density at radius 3 is 2.81 bits per heavy atom. The van der Waals surface area contributed by atoms with Crippen LogP contribution in [0.2, 0.25) is 0 Å². The molecule has 0 aliphatic rings. The van der Waals surface area contributed by atoms with Crippen LogP contribution in [0, 0.1) is 19.7 Å². The van der Waals surface area contributed by atoms with Crippen LogP contribution in [0.3, 0.4) is 0 Å². The Labute approximate surface area is 147 Å². The summed E-state index contributed by atoms with van der Waals surface area (Å²) in [5.41, 5.74) is 3.39. The van der Waals surface area contributed by atoms with Crippen LogP contribution >= 0.6 is 0 Å². The number of tetrazole rings is 1. The molecule has 4 rings (SSSR count). The van der Waals surface area contributed by atoms with Gasteiger partial charge in [0.2, 0.25) is 5.82 Å². The summed E-state index contributed by atoms with van der Waals surface area (Å²) in [6.45, 7) is 4.14. The Kier molecular flexibility index (Phi) is 3.84. The third kappa shape index (κ3) is 2.88. The zero-order chi connectivity index (χ0) is 18.3. The molecule has 0 fully saturated rings. The number of aryl methyl sites for hydroxylation is 2. The maximum atomic E-state index is 13.4. The molecule has 130 valence electrons. The van der Waals surface area contributed by atoms with Crippen LogP contribution in [0.5, 0.6) is 0 Å². The lowest BCUT2D eigenvalue weighted by molar-refractivity contribution is 0.543. The van der Waals surface area contributed by atoms with Crippen LogP contribution in [-0.4, -0.2) is 20.2 Å². The van der Waals surface area contributed by atoms with E-state index in [4.69, 9.17) is 4.42 Å². The fourth-order valence-electron chi connectivity index (χ4n) is 2.86. The summed E-state index contributed by atoms with van der Waals surface area (Å²) in [5, 5.41) is 13.1. The molecule has 0 amide bonds. The smallest absolute Gasteiger partial charge is 0.336 e. The average molecular weight is 350 g/mol. The van der Waals surface area contributed by atoms with Gasteiger partial charge >= 0.3 is 5.63 Å². The first-order valence-corrected chi connectivity index (χ1v) is 8.08. The Morgan fingerprint density at radius 2 is 2.00 bits per heavy atom. The van der Waals surface area contributed by atoms with E-state index in [1.165, 1.54) is 23.0 Å². The second-order valence-corrected chi connectivity index (χ2v) is 6.13. The van der Waals surface area contributed by atoms with Gasteiger partial charge in [0.05, 0.1) is 6.54 Å². The van der Waals surface area contributed by atoms with Crippen molar-refractivity contribution < 1.29 is 8.81 Å². The number of rotatable bonds is 3. The van der Waals surface area contributed by atoms with Gasteiger partial charge in [0.1, 0.15) is 11.4 Å². The highest BCUT2D eigenvalue weighted by Gasteiger charge is 2.12. The van der Waals surface area contributed by atoms with Crippen LogP contribution in [-0.2, 0) is 6.54 Å². The molecule has 0 aliphatic heterocycles. The second-order valence-electron chi connectivity index (χ2n) is 6.13. The summed E-state index contributed by atoms with van der Waals surface area (Å²) in [4.78, 5) is 13.3. The minimum atomic E-state index is -0.424. The van der Waals surface area contributed by atoms with E-state index in [2.05, 4.69) is 15.4 Å². The number of hydrogen-bond acceptors (Lipinski definition) is 5. The van der Waals surface area contributed by atoms with Gasteiger partial charge in [-0.05, 0) is 47.9 Å². The number of halogens is 1. The van der Waals surface area contributed by atoms with Gasteiger partial charge in [-0.15, -0.1) is 10.2 Å². The summed E-state index contributed by atoms with van der Waals surface area (Å²) in [7, 11) is 0. The second kappa shape index (κ2) is 6.18. The van der Waals surface area contributed by atoms with Gasteiger partial charge < -0.3 is 4.42 Å². The monoisotopic (exact) mass is 350 g/mol. The van der Waals surface area contributed by atoms with E-state index in [-0.39, 0.29) is 12.4 Å². The van der Waals surface area contributed by atoms with Crippen molar-refractivity contribution >= 4 is 11.0 Å². The fraction of sp³-hybridized carbons (Fsp3) is 0.158. The van der Waals surface area contributed by atoms with Crippen LogP contribution in [0.1, 0.15) is 16.7 Å². The maximum Gasteiger partial charge on any atom is 0.336 e. The van der Waals surface area contributed by atoms with Gasteiger partial charge in [0, 0.05) is 17.0 Å². The average Bonchev–Trinajstić information content (AvgIpc) is 3.07. The van der Waals surface area contributed by atoms with Gasteiger partial charge in [-0.3, -0.25) is 0 Å². The first-order valence-electron chi connectivity index (χ1n) is 8.08. The van der Waals surface area contributed by atoms with Crippen molar-refractivity contribution in [2.24, 2.45) is 0 Å². The molecule has 0 spiro atoms. The molecule has 0 N–H and O–H groups in total. The van der Waals surface area contributed by atoms with E-state index < -0.39 is 5.63 Å². The first-order chi connectivity index (χ1) is 12.5. The van der Waals surface area contributed by atoms with Crippen LogP contribution < -0.4 is 5.63 Å². The van der Waals surface area contributed by atoms with Crippen molar-refractivity contribution in [3.05, 3.63) is 75.4 Å². The molecule has 2 aromatic carbocycles. The van der Waals surface area contributed by atoms with E-state index in [9.17, 15) is 9.18 Å². The van der Waals surface area contributed by atoms with Gasteiger partial charge in [-0.2, -0.15) is 4.80 Å². The van der Waals surface area contributed by atoms with Crippen molar-refractivity contribution in [1.29, 1.82) is 0 Å². The molecule has 0 unspecified atom stereocenters. The molecule has 2 heterocycles. The van der Waals surface area contributed by atoms with Crippen molar-refractivity contribution in [1.82, 2.24) is 20.2 Å². The van der Waals surface area contributed by atoms with E-state index in [1.54, 1.807) is 12.1 Å². The summed E-state index contributed by atoms with van der Waals surface area (Å²) in [6, 6.07) is 11.3. The molecule has 0 bridgehead atoms. The SMILES string of the molecule is Cc1ccc2c(Cn3nnc(-c4cccc(F)c4)n3)cc(=O)oc2c1C. The molecule has 26 heavy (non-hydrogen) atoms. The summed E-state index contributed by atoms with van der Waals surface area (Å²) < 4.78 is 18.7. The lowest BCUT2D eigenvalue weighted by Crippen LogP contribution is -2.09. The highest BCUT2D eigenvalue weighted by atomic mass is 19.1. The summed E-state index contributed by atoms with van der Waals surface area (Å²) in [5.74, 6) is -0.0415. The molecular weight excluding hydrogens is 335 g/mol. The quantitative estimate of drug-likeness (QED) is 0.530. The lowest BCUT2D eigenvalue weighted by atomic mass is 10.0. The molecule has 4 aromatic rings. The summed E-state index contributed by atoms with van der Waals surface area (Å²) >= 11 is 0. The highest BCUT2D eigenvalue weighted by Crippen LogP contribution is 2.23. The molecule has 0 atom stereocenters. The lowest BCUT2D eigenvalue weighted by Gasteiger charge is -2.08. The minimum Gasteiger partial charge on any atom is -0.422 e. The minimum absolute atomic E-state index is 0.257. The van der Waals surface area contributed by atoms with Crippen LogP contribution in [0.25, 0.3) is 22.4 Å². The van der Waals surface area contributed by atoms with Crippen molar-refractivity contribution in [2.45, 2.75) is 20.4 Å². The molecular formula is C19H15FN4O2. The number of benzene rings is 2. The normalized spacial score (nSPS) is 11.2. The number of fused-ring (bicyclic) bond motifs is 1. The Morgan fingerprint density at radius 1 is 1.15 bits per heavy atom. The van der Waals surface area contributed by atoms with Gasteiger partial charge in [-0.1, -0.05) is 24.3 Å². The van der Waals surface area contributed by atoms with Crippen LogP contribution in [0.15, 0.2) is 51.7 Å². The van der Waals surface area contributed by atoms with E-state index in [1.807, 2.05) is 26.0 Å².